The number of carbonyl (C=O) groups is 1. The number of carboxylic acids is 1. The average Bonchev–Trinajstić information content (AvgIpc) is 3.11. The third-order valence-corrected chi connectivity index (χ3v) is 5.87. The van der Waals surface area contributed by atoms with Crippen molar-refractivity contribution in [3.05, 3.63) is 45.3 Å². The Labute approximate surface area is 152 Å². The summed E-state index contributed by atoms with van der Waals surface area (Å²) < 4.78 is 16.4. The molecule has 8 heteroatoms. The Bertz CT molecular complexity index is 1070. The van der Waals surface area contributed by atoms with Crippen LogP contribution in [-0.4, -0.2) is 53.1 Å². The minimum Gasteiger partial charge on any atom is -0.477 e. The van der Waals surface area contributed by atoms with Gasteiger partial charge in [0.1, 0.15) is 16.2 Å². The normalized spacial score (nSPS) is 15.8. The second kappa shape index (κ2) is 6.37. The van der Waals surface area contributed by atoms with E-state index >= 15 is 0 Å². The van der Waals surface area contributed by atoms with Gasteiger partial charge in [-0.2, -0.15) is 0 Å². The van der Waals surface area contributed by atoms with Crippen molar-refractivity contribution in [3.63, 3.8) is 0 Å². The van der Waals surface area contributed by atoms with E-state index in [9.17, 15) is 19.1 Å². The van der Waals surface area contributed by atoms with Gasteiger partial charge in [-0.15, -0.1) is 11.3 Å². The summed E-state index contributed by atoms with van der Waals surface area (Å²) in [5, 5.41) is 11.2. The maximum atomic E-state index is 14.8. The van der Waals surface area contributed by atoms with Crippen LogP contribution in [0.15, 0.2) is 28.5 Å². The van der Waals surface area contributed by atoms with Crippen LogP contribution in [0.2, 0.25) is 0 Å². The zero-order chi connectivity index (χ0) is 18.4. The van der Waals surface area contributed by atoms with Crippen molar-refractivity contribution in [2.45, 2.75) is 6.92 Å². The predicted molar refractivity (Wildman–Crippen MR) is 100 cm³/mol. The highest BCUT2D eigenvalue weighted by Gasteiger charge is 2.23. The molecular formula is C18H18FN3O3S. The number of thiazole rings is 1. The number of aromatic carboxylic acids is 1. The van der Waals surface area contributed by atoms with Crippen LogP contribution < -0.4 is 10.3 Å². The maximum Gasteiger partial charge on any atom is 0.342 e. The number of aromatic nitrogens is 1. The third kappa shape index (κ3) is 2.57. The molecule has 0 atom stereocenters. The molecule has 0 bridgehead atoms. The van der Waals surface area contributed by atoms with Gasteiger partial charge in [-0.1, -0.05) is 6.92 Å². The lowest BCUT2D eigenvalue weighted by Gasteiger charge is -2.35. The van der Waals surface area contributed by atoms with E-state index in [-0.39, 0.29) is 10.9 Å². The first kappa shape index (κ1) is 17.0. The minimum atomic E-state index is -1.29. The van der Waals surface area contributed by atoms with Crippen molar-refractivity contribution in [1.29, 1.82) is 0 Å². The molecule has 2 aromatic heterocycles. The molecule has 0 amide bonds. The van der Waals surface area contributed by atoms with Gasteiger partial charge in [0.05, 0.1) is 16.6 Å². The van der Waals surface area contributed by atoms with E-state index < -0.39 is 17.2 Å². The fourth-order valence-corrected chi connectivity index (χ4v) is 4.43. The smallest absolute Gasteiger partial charge is 0.342 e. The Morgan fingerprint density at radius 2 is 2.00 bits per heavy atom. The van der Waals surface area contributed by atoms with Crippen molar-refractivity contribution < 1.29 is 14.3 Å². The van der Waals surface area contributed by atoms with E-state index in [1.54, 1.807) is 22.0 Å². The van der Waals surface area contributed by atoms with Crippen molar-refractivity contribution in [1.82, 2.24) is 9.30 Å². The standard InChI is InChI=1S/C18H18FN3O3S/c1-2-20-3-5-21(6-4-20)14-10-13-11(9-12(14)19)16(23)15(18(24)25)17-22(13)7-8-26-17/h7-10H,2-6H2,1H3,(H,24,25). The summed E-state index contributed by atoms with van der Waals surface area (Å²) in [5.41, 5.74) is 0.0358. The third-order valence-electron chi connectivity index (χ3n) is 4.99. The largest absolute Gasteiger partial charge is 0.477 e. The van der Waals surface area contributed by atoms with Gasteiger partial charge < -0.3 is 19.3 Å². The Hall–Kier alpha value is -2.45. The van der Waals surface area contributed by atoms with Crippen LogP contribution in [0.3, 0.4) is 0 Å². The van der Waals surface area contributed by atoms with E-state index in [1.807, 2.05) is 4.90 Å². The number of nitrogens with zero attached hydrogens (tertiary/aromatic N) is 3. The second-order valence-corrected chi connectivity index (χ2v) is 7.22. The van der Waals surface area contributed by atoms with Gasteiger partial charge in [-0.05, 0) is 18.7 Å². The molecule has 0 radical (unpaired) electrons. The summed E-state index contributed by atoms with van der Waals surface area (Å²) in [5.74, 6) is -1.79. The van der Waals surface area contributed by atoms with Crippen molar-refractivity contribution in [2.24, 2.45) is 0 Å². The fraction of sp³-hybridized carbons (Fsp3) is 0.333. The summed E-state index contributed by atoms with van der Waals surface area (Å²) in [7, 11) is 0. The molecular weight excluding hydrogens is 357 g/mol. The molecule has 1 N–H and O–H groups in total. The molecule has 0 unspecified atom stereocenters. The first-order chi connectivity index (χ1) is 12.5. The summed E-state index contributed by atoms with van der Waals surface area (Å²) >= 11 is 1.19. The molecule has 6 nitrogen and oxygen atoms in total. The van der Waals surface area contributed by atoms with Crippen LogP contribution >= 0.6 is 11.3 Å². The number of piperazine rings is 1. The second-order valence-electron chi connectivity index (χ2n) is 6.33. The molecule has 0 spiro atoms. The van der Waals surface area contributed by atoms with Crippen LogP contribution in [0.5, 0.6) is 0 Å². The zero-order valence-corrected chi connectivity index (χ0v) is 15.1. The quantitative estimate of drug-likeness (QED) is 0.762. The molecule has 1 fully saturated rings. The molecule has 1 aliphatic heterocycles. The maximum absolute atomic E-state index is 14.8. The lowest BCUT2D eigenvalue weighted by molar-refractivity contribution is 0.0697. The first-order valence-corrected chi connectivity index (χ1v) is 9.35. The summed E-state index contributed by atoms with van der Waals surface area (Å²) in [4.78, 5) is 28.8. The summed E-state index contributed by atoms with van der Waals surface area (Å²) in [6, 6.07) is 2.84. The molecule has 1 saturated heterocycles. The van der Waals surface area contributed by atoms with Gasteiger partial charge in [0.25, 0.3) is 0 Å². The number of benzene rings is 1. The van der Waals surface area contributed by atoms with Gasteiger partial charge in [-0.3, -0.25) is 4.79 Å². The number of halogens is 1. The van der Waals surface area contributed by atoms with Crippen LogP contribution in [0, 0.1) is 5.82 Å². The number of hydrogen-bond acceptors (Lipinski definition) is 5. The van der Waals surface area contributed by atoms with E-state index in [0.717, 1.165) is 19.6 Å². The minimum absolute atomic E-state index is 0.0896. The molecule has 0 aliphatic carbocycles. The number of rotatable bonds is 3. The van der Waals surface area contributed by atoms with E-state index in [2.05, 4.69) is 11.8 Å². The van der Waals surface area contributed by atoms with Gasteiger partial charge >= 0.3 is 5.97 Å². The highest BCUT2D eigenvalue weighted by molar-refractivity contribution is 7.16. The number of likely N-dealkylation sites (N-methyl/N-ethyl adjacent to an activating group) is 1. The monoisotopic (exact) mass is 375 g/mol. The lowest BCUT2D eigenvalue weighted by atomic mass is 10.1. The number of pyridine rings is 1. The van der Waals surface area contributed by atoms with Crippen LogP contribution in [0.1, 0.15) is 17.3 Å². The van der Waals surface area contributed by atoms with Gasteiger partial charge in [0.15, 0.2) is 0 Å². The topological polar surface area (TPSA) is 65.3 Å². The first-order valence-electron chi connectivity index (χ1n) is 8.47. The lowest BCUT2D eigenvalue weighted by Crippen LogP contribution is -2.46. The highest BCUT2D eigenvalue weighted by atomic mass is 32.1. The molecule has 1 aromatic carbocycles. The molecule has 4 rings (SSSR count). The molecule has 136 valence electrons. The van der Waals surface area contributed by atoms with Gasteiger partial charge in [-0.25, -0.2) is 9.18 Å². The fourth-order valence-electron chi connectivity index (χ4n) is 3.55. The number of carboxylic acid groups (broad SMARTS) is 1. The Balaban J connectivity index is 1.91. The molecule has 1 aliphatic rings. The summed E-state index contributed by atoms with van der Waals surface area (Å²) in [6.07, 6.45) is 1.71. The van der Waals surface area contributed by atoms with Crippen molar-refractivity contribution in [3.8, 4) is 0 Å². The molecule has 3 heterocycles. The number of anilines is 1. The zero-order valence-electron chi connectivity index (χ0n) is 14.2. The number of fused-ring (bicyclic) bond motifs is 3. The van der Waals surface area contributed by atoms with E-state index in [1.165, 1.54) is 17.4 Å². The van der Waals surface area contributed by atoms with Crippen molar-refractivity contribution in [2.75, 3.05) is 37.6 Å². The van der Waals surface area contributed by atoms with Gasteiger partial charge in [0, 0.05) is 37.8 Å². The van der Waals surface area contributed by atoms with Crippen molar-refractivity contribution >= 4 is 38.7 Å². The Kier molecular flexibility index (Phi) is 4.16. The van der Waals surface area contributed by atoms with E-state index in [4.69, 9.17) is 0 Å². The Morgan fingerprint density at radius 1 is 1.27 bits per heavy atom. The molecule has 3 aromatic rings. The van der Waals surface area contributed by atoms with Crippen LogP contribution in [0.4, 0.5) is 10.1 Å². The van der Waals surface area contributed by atoms with Crippen LogP contribution in [-0.2, 0) is 0 Å². The van der Waals surface area contributed by atoms with E-state index in [0.29, 0.717) is 29.1 Å². The van der Waals surface area contributed by atoms with Crippen LogP contribution in [0.25, 0.3) is 15.7 Å². The molecule has 0 saturated carbocycles. The predicted octanol–water partition coefficient (Wildman–Crippen LogP) is 2.49. The van der Waals surface area contributed by atoms with Gasteiger partial charge in [0.2, 0.25) is 5.43 Å². The average molecular weight is 375 g/mol. The molecule has 26 heavy (non-hydrogen) atoms. The highest BCUT2D eigenvalue weighted by Crippen LogP contribution is 2.28. The number of hydrogen-bond donors (Lipinski definition) is 1. The SMILES string of the molecule is CCN1CCN(c2cc3c(cc2F)c(=O)c(C(=O)O)c2sccn23)CC1. The summed E-state index contributed by atoms with van der Waals surface area (Å²) in [6.45, 7) is 6.22. The Morgan fingerprint density at radius 3 is 2.65 bits per heavy atom.